The quantitative estimate of drug-likeness (QED) is 0.765. The van der Waals surface area contributed by atoms with E-state index in [2.05, 4.69) is 15.9 Å². The molecule has 0 aliphatic heterocycles. The van der Waals surface area contributed by atoms with Crippen molar-refractivity contribution in [2.75, 3.05) is 11.1 Å². The monoisotopic (exact) mass is 338 g/mol. The molecule has 0 aromatic heterocycles. The van der Waals surface area contributed by atoms with E-state index >= 15 is 0 Å². The second-order valence-corrected chi connectivity index (χ2v) is 7.43. The van der Waals surface area contributed by atoms with Crippen molar-refractivity contribution < 1.29 is 8.42 Å². The maximum absolute atomic E-state index is 12.2. The molecule has 0 radical (unpaired) electrons. The van der Waals surface area contributed by atoms with Crippen LogP contribution >= 0.6 is 27.5 Å². The van der Waals surface area contributed by atoms with Crippen LogP contribution in [0.2, 0.25) is 5.02 Å². The topological polar surface area (TPSA) is 34.1 Å². The highest BCUT2D eigenvalue weighted by atomic mass is 79.9. The zero-order chi connectivity index (χ0) is 13.1. The molecule has 0 fully saturated rings. The SMILES string of the molecule is CC(C)C(CBr)CS(=O)(=O)c1ccccc1Cl. The molecule has 2 nitrogen and oxygen atoms in total. The molecule has 1 atom stereocenters. The molecule has 0 aliphatic carbocycles. The first kappa shape index (κ1) is 15.0. The molecule has 0 aliphatic rings. The van der Waals surface area contributed by atoms with Gasteiger partial charge in [0.25, 0.3) is 0 Å². The Kier molecular flexibility index (Phi) is 5.48. The summed E-state index contributed by atoms with van der Waals surface area (Å²) in [7, 11) is -3.31. The highest BCUT2D eigenvalue weighted by molar-refractivity contribution is 9.09. The van der Waals surface area contributed by atoms with E-state index in [1.165, 1.54) is 0 Å². The maximum atomic E-state index is 12.2. The summed E-state index contributed by atoms with van der Waals surface area (Å²) >= 11 is 9.29. The number of sulfone groups is 1. The Labute approximate surface area is 116 Å². The molecular formula is C12H16BrClO2S. The predicted molar refractivity (Wildman–Crippen MR) is 75.6 cm³/mol. The van der Waals surface area contributed by atoms with Gasteiger partial charge in [-0.2, -0.15) is 0 Å². The van der Waals surface area contributed by atoms with Crippen molar-refractivity contribution in [2.24, 2.45) is 11.8 Å². The largest absolute Gasteiger partial charge is 0.224 e. The van der Waals surface area contributed by atoms with Crippen LogP contribution in [0.15, 0.2) is 29.2 Å². The third kappa shape index (κ3) is 3.97. The van der Waals surface area contributed by atoms with Crippen LogP contribution < -0.4 is 0 Å². The first-order valence-corrected chi connectivity index (χ1v) is 8.57. The van der Waals surface area contributed by atoms with Gasteiger partial charge in [-0.25, -0.2) is 8.42 Å². The number of hydrogen-bond acceptors (Lipinski definition) is 2. The van der Waals surface area contributed by atoms with Crippen LogP contribution in [0.5, 0.6) is 0 Å². The third-order valence-corrected chi connectivity index (χ3v) is 5.91. The fourth-order valence-electron chi connectivity index (χ4n) is 1.48. The van der Waals surface area contributed by atoms with Crippen molar-refractivity contribution in [1.82, 2.24) is 0 Å². The Morgan fingerprint density at radius 1 is 1.29 bits per heavy atom. The molecule has 0 N–H and O–H groups in total. The molecule has 1 rings (SSSR count). The van der Waals surface area contributed by atoms with Gasteiger partial charge in [-0.15, -0.1) is 0 Å². The van der Waals surface area contributed by atoms with Crippen molar-refractivity contribution in [3.63, 3.8) is 0 Å². The fraction of sp³-hybridized carbons (Fsp3) is 0.500. The number of alkyl halides is 1. The number of benzene rings is 1. The van der Waals surface area contributed by atoms with Gasteiger partial charge in [-0.1, -0.05) is 53.5 Å². The molecule has 0 amide bonds. The summed E-state index contributed by atoms with van der Waals surface area (Å²) in [6.07, 6.45) is 0. The van der Waals surface area contributed by atoms with Gasteiger partial charge in [-0.3, -0.25) is 0 Å². The standard InChI is InChI=1S/C12H16BrClO2S/c1-9(2)10(7-13)8-17(15,16)12-6-4-3-5-11(12)14/h3-6,9-10H,7-8H2,1-2H3. The van der Waals surface area contributed by atoms with Crippen molar-refractivity contribution in [1.29, 1.82) is 0 Å². The van der Waals surface area contributed by atoms with Crippen molar-refractivity contribution in [2.45, 2.75) is 18.7 Å². The molecule has 96 valence electrons. The van der Waals surface area contributed by atoms with Crippen molar-refractivity contribution in [3.8, 4) is 0 Å². The number of rotatable bonds is 5. The minimum absolute atomic E-state index is 0.0938. The summed E-state index contributed by atoms with van der Waals surface area (Å²) in [6, 6.07) is 6.58. The summed E-state index contributed by atoms with van der Waals surface area (Å²) in [5.74, 6) is 0.530. The molecule has 1 aromatic rings. The first-order valence-electron chi connectivity index (χ1n) is 5.41. The predicted octanol–water partition coefficient (Wildman–Crippen LogP) is 3.78. The Bertz CT molecular complexity index is 471. The molecule has 1 aromatic carbocycles. The summed E-state index contributed by atoms with van der Waals surface area (Å²) in [5, 5.41) is 0.971. The second kappa shape index (κ2) is 6.21. The Hall–Kier alpha value is -0.0600. The fourth-order valence-corrected chi connectivity index (χ4v) is 5.15. The molecule has 0 saturated heterocycles. The van der Waals surface area contributed by atoms with Gasteiger partial charge in [0.2, 0.25) is 0 Å². The normalized spacial score (nSPS) is 13.9. The lowest BCUT2D eigenvalue weighted by Gasteiger charge is -2.18. The summed E-state index contributed by atoms with van der Waals surface area (Å²) in [4.78, 5) is 0.230. The smallest absolute Gasteiger partial charge is 0.180 e. The summed E-state index contributed by atoms with van der Waals surface area (Å²) in [5.41, 5.74) is 0. The summed E-state index contributed by atoms with van der Waals surface area (Å²) in [6.45, 7) is 4.04. The summed E-state index contributed by atoms with van der Waals surface area (Å²) < 4.78 is 24.4. The Balaban J connectivity index is 3.01. The van der Waals surface area contributed by atoms with E-state index in [1.807, 2.05) is 13.8 Å². The van der Waals surface area contributed by atoms with Gasteiger partial charge in [0, 0.05) is 5.33 Å². The molecule has 0 heterocycles. The third-order valence-electron chi connectivity index (χ3n) is 2.75. The number of halogens is 2. The van der Waals surface area contributed by atoms with Crippen LogP contribution in [-0.2, 0) is 9.84 Å². The van der Waals surface area contributed by atoms with E-state index < -0.39 is 9.84 Å². The van der Waals surface area contributed by atoms with Crippen LogP contribution in [0.4, 0.5) is 0 Å². The lowest BCUT2D eigenvalue weighted by molar-refractivity contribution is 0.462. The average molecular weight is 340 g/mol. The van der Waals surface area contributed by atoms with Gasteiger partial charge in [0.05, 0.1) is 15.7 Å². The van der Waals surface area contributed by atoms with E-state index in [0.717, 1.165) is 0 Å². The number of hydrogen-bond donors (Lipinski definition) is 0. The van der Waals surface area contributed by atoms with Crippen LogP contribution in [0, 0.1) is 11.8 Å². The zero-order valence-corrected chi connectivity index (χ0v) is 13.0. The van der Waals surface area contributed by atoms with Crippen molar-refractivity contribution >= 4 is 37.4 Å². The minimum Gasteiger partial charge on any atom is -0.224 e. The van der Waals surface area contributed by atoms with Gasteiger partial charge >= 0.3 is 0 Å². The zero-order valence-electron chi connectivity index (χ0n) is 9.86. The van der Waals surface area contributed by atoms with E-state index in [9.17, 15) is 8.42 Å². The second-order valence-electron chi connectivity index (χ2n) is 4.37. The van der Waals surface area contributed by atoms with Gasteiger partial charge in [-0.05, 0) is 24.0 Å². The van der Waals surface area contributed by atoms with Gasteiger partial charge < -0.3 is 0 Å². The lowest BCUT2D eigenvalue weighted by Crippen LogP contribution is -2.22. The Morgan fingerprint density at radius 3 is 2.35 bits per heavy atom. The molecule has 0 bridgehead atoms. The molecule has 5 heteroatoms. The molecular weight excluding hydrogens is 324 g/mol. The molecule has 0 saturated carbocycles. The van der Waals surface area contributed by atoms with Gasteiger partial charge in [0.1, 0.15) is 0 Å². The minimum atomic E-state index is -3.31. The van der Waals surface area contributed by atoms with Crippen LogP contribution in [0.3, 0.4) is 0 Å². The van der Waals surface area contributed by atoms with Crippen molar-refractivity contribution in [3.05, 3.63) is 29.3 Å². The first-order chi connectivity index (χ1) is 7.88. The molecule has 1 unspecified atom stereocenters. The lowest BCUT2D eigenvalue weighted by atomic mass is 10.0. The average Bonchev–Trinajstić information content (AvgIpc) is 2.26. The van der Waals surface area contributed by atoms with E-state index in [4.69, 9.17) is 11.6 Å². The highest BCUT2D eigenvalue weighted by Crippen LogP contribution is 2.25. The molecule has 17 heavy (non-hydrogen) atoms. The van der Waals surface area contributed by atoms with E-state index in [-0.39, 0.29) is 16.6 Å². The van der Waals surface area contributed by atoms with Crippen LogP contribution in [0.25, 0.3) is 0 Å². The van der Waals surface area contributed by atoms with Gasteiger partial charge in [0.15, 0.2) is 9.84 Å². The highest BCUT2D eigenvalue weighted by Gasteiger charge is 2.24. The van der Waals surface area contributed by atoms with E-state index in [1.54, 1.807) is 24.3 Å². The van der Waals surface area contributed by atoms with E-state index in [0.29, 0.717) is 16.3 Å². The van der Waals surface area contributed by atoms with Crippen LogP contribution in [0.1, 0.15) is 13.8 Å². The Morgan fingerprint density at radius 2 is 1.88 bits per heavy atom. The molecule has 0 spiro atoms. The maximum Gasteiger partial charge on any atom is 0.180 e. The van der Waals surface area contributed by atoms with Crippen LogP contribution in [-0.4, -0.2) is 19.5 Å².